The van der Waals surface area contributed by atoms with Crippen molar-refractivity contribution in [3.05, 3.63) is 34.3 Å². The Kier molecular flexibility index (Phi) is 7.25. The maximum absolute atomic E-state index is 5.89. The van der Waals surface area contributed by atoms with Gasteiger partial charge in [-0.15, -0.1) is 24.0 Å². The van der Waals surface area contributed by atoms with Crippen LogP contribution in [-0.2, 0) is 4.74 Å². The monoisotopic (exact) mass is 453 g/mol. The highest BCUT2D eigenvalue weighted by Gasteiger charge is 2.38. The summed E-state index contributed by atoms with van der Waals surface area (Å²) in [5.74, 6) is 1.01. The highest BCUT2D eigenvalue weighted by molar-refractivity contribution is 14.0. The van der Waals surface area contributed by atoms with Gasteiger partial charge in [-0.05, 0) is 31.0 Å². The van der Waals surface area contributed by atoms with E-state index in [1.54, 1.807) is 7.11 Å². The molecule has 1 aliphatic rings. The third-order valence-corrected chi connectivity index (χ3v) is 3.70. The number of nitrogens with one attached hydrogen (secondary N) is 1. The molecule has 20 heavy (non-hydrogen) atoms. The van der Waals surface area contributed by atoms with Crippen molar-refractivity contribution < 1.29 is 4.74 Å². The minimum absolute atomic E-state index is 0. The molecular weight excluding hydrogens is 433 g/mol. The number of ether oxygens (including phenoxy) is 1. The lowest BCUT2D eigenvalue weighted by molar-refractivity contribution is 0.179. The summed E-state index contributed by atoms with van der Waals surface area (Å²) in [6, 6.07) is 8.90. The van der Waals surface area contributed by atoms with Crippen LogP contribution >= 0.6 is 39.9 Å². The number of hydrogen-bond donors (Lipinski definition) is 2. The Labute approximate surface area is 145 Å². The Hall–Kier alpha value is -0.340. The maximum Gasteiger partial charge on any atom is 0.189 e. The normalized spacial score (nSPS) is 22.9. The van der Waals surface area contributed by atoms with Gasteiger partial charge in [0.25, 0.3) is 0 Å². The zero-order chi connectivity index (χ0) is 13.8. The van der Waals surface area contributed by atoms with Gasteiger partial charge < -0.3 is 15.8 Å². The van der Waals surface area contributed by atoms with Crippen LogP contribution in [0.15, 0.2) is 33.7 Å². The van der Waals surface area contributed by atoms with Crippen LogP contribution < -0.4 is 11.1 Å². The summed E-state index contributed by atoms with van der Waals surface area (Å²) in [4.78, 5) is 4.51. The summed E-state index contributed by atoms with van der Waals surface area (Å²) in [7, 11) is 1.68. The van der Waals surface area contributed by atoms with Crippen LogP contribution in [0.2, 0.25) is 0 Å². The predicted molar refractivity (Wildman–Crippen MR) is 96.8 cm³/mol. The highest BCUT2D eigenvalue weighted by Crippen LogP contribution is 2.43. The molecule has 3 unspecified atom stereocenters. The standard InChI is InChI=1S/C14H20BrN3O.HI/c1-9(8-19-2)17-14(16)18-13-7-12(13)10-3-5-11(15)6-4-10;/h3-6,9,12-13H,7-8H2,1-2H3,(H3,16,17,18);1H. The van der Waals surface area contributed by atoms with E-state index in [2.05, 4.69) is 50.5 Å². The molecule has 1 aromatic carbocycles. The first kappa shape index (κ1) is 17.7. The molecule has 0 spiro atoms. The molecule has 3 atom stereocenters. The largest absolute Gasteiger partial charge is 0.383 e. The maximum atomic E-state index is 5.89. The van der Waals surface area contributed by atoms with Gasteiger partial charge in [-0.25, -0.2) is 4.99 Å². The predicted octanol–water partition coefficient (Wildman–Crippen LogP) is 2.86. The number of methoxy groups -OCH3 is 1. The van der Waals surface area contributed by atoms with E-state index in [1.807, 2.05) is 6.92 Å². The molecule has 3 N–H and O–H groups in total. The van der Waals surface area contributed by atoms with E-state index in [0.29, 0.717) is 24.5 Å². The van der Waals surface area contributed by atoms with Crippen LogP contribution in [0.3, 0.4) is 0 Å². The molecule has 1 saturated carbocycles. The molecule has 1 aliphatic carbocycles. The number of nitrogens with zero attached hydrogens (tertiary/aromatic N) is 1. The summed E-state index contributed by atoms with van der Waals surface area (Å²) >= 11 is 3.44. The number of hydrogen-bond acceptors (Lipinski definition) is 2. The fourth-order valence-corrected chi connectivity index (χ4v) is 2.42. The lowest BCUT2D eigenvalue weighted by Crippen LogP contribution is -2.40. The lowest BCUT2D eigenvalue weighted by atomic mass is 10.1. The van der Waals surface area contributed by atoms with Crippen molar-refractivity contribution in [2.75, 3.05) is 13.7 Å². The molecule has 112 valence electrons. The third-order valence-electron chi connectivity index (χ3n) is 3.17. The summed E-state index contributed by atoms with van der Waals surface area (Å²) in [6.07, 6.45) is 1.07. The summed E-state index contributed by atoms with van der Waals surface area (Å²) in [6.45, 7) is 2.64. The first-order valence-corrected chi connectivity index (χ1v) is 7.23. The second-order valence-electron chi connectivity index (χ2n) is 4.98. The molecule has 0 radical (unpaired) electrons. The Morgan fingerprint density at radius 1 is 1.50 bits per heavy atom. The fraction of sp³-hybridized carbons (Fsp3) is 0.500. The summed E-state index contributed by atoms with van der Waals surface area (Å²) < 4.78 is 6.15. The van der Waals surface area contributed by atoms with Gasteiger partial charge in [0.2, 0.25) is 0 Å². The molecule has 1 fully saturated rings. The Morgan fingerprint density at radius 3 is 2.75 bits per heavy atom. The van der Waals surface area contributed by atoms with Gasteiger partial charge >= 0.3 is 0 Å². The van der Waals surface area contributed by atoms with Crippen molar-refractivity contribution in [2.24, 2.45) is 10.7 Å². The average molecular weight is 454 g/mol. The first-order chi connectivity index (χ1) is 9.10. The number of benzene rings is 1. The molecule has 0 aromatic heterocycles. The third kappa shape index (κ3) is 5.21. The molecule has 4 nitrogen and oxygen atoms in total. The van der Waals surface area contributed by atoms with E-state index in [9.17, 15) is 0 Å². The minimum Gasteiger partial charge on any atom is -0.383 e. The molecule has 0 saturated heterocycles. The number of guanidine groups is 1. The van der Waals surface area contributed by atoms with Gasteiger partial charge in [0.05, 0.1) is 12.6 Å². The van der Waals surface area contributed by atoms with E-state index in [4.69, 9.17) is 10.5 Å². The lowest BCUT2D eigenvalue weighted by Gasteiger charge is -2.13. The van der Waals surface area contributed by atoms with Crippen LogP contribution in [-0.4, -0.2) is 31.8 Å². The molecule has 6 heteroatoms. The van der Waals surface area contributed by atoms with E-state index in [1.165, 1.54) is 5.56 Å². The van der Waals surface area contributed by atoms with E-state index in [0.717, 1.165) is 10.9 Å². The summed E-state index contributed by atoms with van der Waals surface area (Å²) in [5.41, 5.74) is 7.21. The van der Waals surface area contributed by atoms with Crippen molar-refractivity contribution in [2.45, 2.75) is 31.3 Å². The van der Waals surface area contributed by atoms with Crippen molar-refractivity contribution in [3.63, 3.8) is 0 Å². The van der Waals surface area contributed by atoms with Crippen molar-refractivity contribution in [3.8, 4) is 0 Å². The van der Waals surface area contributed by atoms with Crippen LogP contribution in [0.4, 0.5) is 0 Å². The molecular formula is C14H21BrIN3O. The van der Waals surface area contributed by atoms with E-state index in [-0.39, 0.29) is 30.0 Å². The van der Waals surface area contributed by atoms with Crippen molar-refractivity contribution in [1.82, 2.24) is 5.32 Å². The topological polar surface area (TPSA) is 59.6 Å². The zero-order valence-electron chi connectivity index (χ0n) is 11.7. The minimum atomic E-state index is 0. The van der Waals surface area contributed by atoms with Gasteiger partial charge in [0, 0.05) is 23.5 Å². The Balaban J connectivity index is 0.00000200. The fourth-order valence-electron chi connectivity index (χ4n) is 2.15. The van der Waals surface area contributed by atoms with Gasteiger partial charge in [-0.1, -0.05) is 28.1 Å². The quantitative estimate of drug-likeness (QED) is 0.409. The number of rotatable bonds is 5. The van der Waals surface area contributed by atoms with Crippen LogP contribution in [0, 0.1) is 0 Å². The van der Waals surface area contributed by atoms with Gasteiger partial charge in [-0.3, -0.25) is 0 Å². The van der Waals surface area contributed by atoms with Crippen molar-refractivity contribution in [1.29, 1.82) is 0 Å². The SMILES string of the molecule is COCC(C)NC(N)=NC1CC1c1ccc(Br)cc1.I. The molecule has 0 heterocycles. The molecule has 0 bridgehead atoms. The van der Waals surface area contributed by atoms with E-state index < -0.39 is 0 Å². The number of halogens is 2. The Morgan fingerprint density at radius 2 is 2.15 bits per heavy atom. The van der Waals surface area contributed by atoms with Gasteiger partial charge in [0.1, 0.15) is 0 Å². The zero-order valence-corrected chi connectivity index (χ0v) is 15.6. The average Bonchev–Trinajstić information content (AvgIpc) is 3.09. The van der Waals surface area contributed by atoms with Crippen LogP contribution in [0.1, 0.15) is 24.8 Å². The number of nitrogens with two attached hydrogens (primary N) is 1. The first-order valence-electron chi connectivity index (χ1n) is 6.44. The second kappa shape index (κ2) is 8.19. The molecule has 0 aliphatic heterocycles. The highest BCUT2D eigenvalue weighted by atomic mass is 127. The number of aliphatic imine (C=N–C) groups is 1. The van der Waals surface area contributed by atoms with Gasteiger partial charge in [0.15, 0.2) is 5.96 Å². The smallest absolute Gasteiger partial charge is 0.189 e. The van der Waals surface area contributed by atoms with E-state index >= 15 is 0 Å². The Bertz CT molecular complexity index is 452. The molecule has 0 amide bonds. The second-order valence-corrected chi connectivity index (χ2v) is 5.89. The molecule has 2 rings (SSSR count). The van der Waals surface area contributed by atoms with Gasteiger partial charge in [-0.2, -0.15) is 0 Å². The molecule has 1 aromatic rings. The van der Waals surface area contributed by atoms with Crippen molar-refractivity contribution >= 4 is 45.9 Å². The van der Waals surface area contributed by atoms with Crippen LogP contribution in [0.25, 0.3) is 0 Å². The van der Waals surface area contributed by atoms with Crippen LogP contribution in [0.5, 0.6) is 0 Å². The summed E-state index contributed by atoms with van der Waals surface area (Å²) in [5, 5.41) is 3.13.